The monoisotopic (exact) mass is 264 g/mol. The fraction of sp³-hybridized carbons (Fsp3) is 0.167. The summed E-state index contributed by atoms with van der Waals surface area (Å²) in [6.07, 6.45) is 0. The number of imidazole rings is 1. The van der Waals surface area contributed by atoms with E-state index in [2.05, 4.69) is 4.98 Å². The molecule has 2 rings (SSSR count). The number of aromatic amines is 1. The predicted molar refractivity (Wildman–Crippen MR) is 69.0 cm³/mol. The molecule has 2 N–H and O–H groups in total. The SMILES string of the molecule is COC(=O)c1[nH]c(=S)n(C)c1-c1ccc(O)cc1. The molecule has 5 nitrogen and oxygen atoms in total. The molecule has 6 heteroatoms. The summed E-state index contributed by atoms with van der Waals surface area (Å²) in [5.41, 5.74) is 1.70. The first-order valence-electron chi connectivity index (χ1n) is 5.21. The van der Waals surface area contributed by atoms with Gasteiger partial charge in [0, 0.05) is 12.6 Å². The van der Waals surface area contributed by atoms with Crippen LogP contribution in [0.4, 0.5) is 0 Å². The van der Waals surface area contributed by atoms with E-state index < -0.39 is 5.97 Å². The van der Waals surface area contributed by atoms with Gasteiger partial charge in [-0.2, -0.15) is 0 Å². The minimum absolute atomic E-state index is 0.162. The maximum Gasteiger partial charge on any atom is 0.356 e. The molecule has 1 heterocycles. The van der Waals surface area contributed by atoms with Crippen molar-refractivity contribution in [3.8, 4) is 17.0 Å². The third-order valence-electron chi connectivity index (χ3n) is 2.64. The molecule has 0 saturated heterocycles. The molecule has 0 fully saturated rings. The van der Waals surface area contributed by atoms with Crippen LogP contribution in [0.1, 0.15) is 10.5 Å². The number of benzene rings is 1. The van der Waals surface area contributed by atoms with Gasteiger partial charge >= 0.3 is 5.97 Å². The molecule has 0 radical (unpaired) electrons. The lowest BCUT2D eigenvalue weighted by atomic mass is 10.1. The summed E-state index contributed by atoms with van der Waals surface area (Å²) in [6, 6.07) is 6.51. The molecular weight excluding hydrogens is 252 g/mol. The third kappa shape index (κ3) is 2.02. The number of phenolic OH excluding ortho intramolecular Hbond substituents is 1. The highest BCUT2D eigenvalue weighted by atomic mass is 32.1. The van der Waals surface area contributed by atoms with Crippen LogP contribution in [0.3, 0.4) is 0 Å². The number of hydrogen-bond donors (Lipinski definition) is 2. The van der Waals surface area contributed by atoms with E-state index in [0.717, 1.165) is 5.56 Å². The molecule has 2 aromatic rings. The summed E-state index contributed by atoms with van der Waals surface area (Å²) in [5, 5.41) is 9.28. The molecule has 0 unspecified atom stereocenters. The first kappa shape index (κ1) is 12.4. The van der Waals surface area contributed by atoms with Crippen LogP contribution in [0.15, 0.2) is 24.3 Å². The van der Waals surface area contributed by atoms with Crippen LogP contribution in [0.2, 0.25) is 0 Å². The minimum Gasteiger partial charge on any atom is -0.508 e. The highest BCUT2D eigenvalue weighted by molar-refractivity contribution is 7.71. The number of carbonyl (C=O) groups is 1. The Labute approximate surface area is 109 Å². The highest BCUT2D eigenvalue weighted by Crippen LogP contribution is 2.25. The Kier molecular flexibility index (Phi) is 3.20. The summed E-state index contributed by atoms with van der Waals surface area (Å²) in [6.45, 7) is 0. The predicted octanol–water partition coefficient (Wildman–Crippen LogP) is 2.24. The van der Waals surface area contributed by atoms with Crippen LogP contribution in [0.5, 0.6) is 5.75 Å². The molecule has 1 aromatic heterocycles. The normalized spacial score (nSPS) is 10.3. The fourth-order valence-corrected chi connectivity index (χ4v) is 1.92. The number of methoxy groups -OCH3 is 1. The first-order chi connectivity index (χ1) is 8.54. The Morgan fingerprint density at radius 1 is 1.39 bits per heavy atom. The van der Waals surface area contributed by atoms with Crippen LogP contribution in [0.25, 0.3) is 11.3 Å². The number of aromatic hydroxyl groups is 1. The van der Waals surface area contributed by atoms with Gasteiger partial charge in [0.25, 0.3) is 0 Å². The van der Waals surface area contributed by atoms with Gasteiger partial charge in [0.15, 0.2) is 10.5 Å². The lowest BCUT2D eigenvalue weighted by Crippen LogP contribution is -2.04. The zero-order chi connectivity index (χ0) is 13.3. The zero-order valence-corrected chi connectivity index (χ0v) is 10.7. The van der Waals surface area contributed by atoms with E-state index in [4.69, 9.17) is 17.0 Å². The van der Waals surface area contributed by atoms with Gasteiger partial charge in [-0.1, -0.05) is 0 Å². The Hall–Kier alpha value is -2.08. The van der Waals surface area contributed by atoms with E-state index in [-0.39, 0.29) is 5.75 Å². The molecule has 0 amide bonds. The number of hydrogen-bond acceptors (Lipinski definition) is 4. The lowest BCUT2D eigenvalue weighted by Gasteiger charge is -2.05. The van der Waals surface area contributed by atoms with Crippen molar-refractivity contribution in [2.24, 2.45) is 7.05 Å². The Morgan fingerprint density at radius 3 is 2.56 bits per heavy atom. The van der Waals surface area contributed by atoms with Gasteiger partial charge in [0.2, 0.25) is 0 Å². The van der Waals surface area contributed by atoms with Crippen LogP contribution in [0, 0.1) is 4.77 Å². The second-order valence-electron chi connectivity index (χ2n) is 3.75. The topological polar surface area (TPSA) is 67.2 Å². The first-order valence-corrected chi connectivity index (χ1v) is 5.62. The molecule has 1 aromatic carbocycles. The van der Waals surface area contributed by atoms with E-state index in [1.165, 1.54) is 7.11 Å². The summed E-state index contributed by atoms with van der Waals surface area (Å²) < 4.78 is 6.83. The van der Waals surface area contributed by atoms with Gasteiger partial charge in [-0.15, -0.1) is 0 Å². The summed E-state index contributed by atoms with van der Waals surface area (Å²) in [5.74, 6) is -0.320. The molecule has 18 heavy (non-hydrogen) atoms. The third-order valence-corrected chi connectivity index (χ3v) is 3.01. The maximum atomic E-state index is 11.7. The van der Waals surface area contributed by atoms with Crippen molar-refractivity contribution in [1.82, 2.24) is 9.55 Å². The fourth-order valence-electron chi connectivity index (χ4n) is 1.73. The van der Waals surface area contributed by atoms with Gasteiger partial charge in [0.1, 0.15) is 5.75 Å². The van der Waals surface area contributed by atoms with Crippen molar-refractivity contribution in [2.45, 2.75) is 0 Å². The number of carbonyl (C=O) groups excluding carboxylic acids is 1. The van der Waals surface area contributed by atoms with Gasteiger partial charge in [0.05, 0.1) is 12.8 Å². The second kappa shape index (κ2) is 4.66. The summed E-state index contributed by atoms with van der Waals surface area (Å²) in [7, 11) is 3.07. The molecule has 0 spiro atoms. The molecule has 0 aliphatic heterocycles. The van der Waals surface area contributed by atoms with E-state index >= 15 is 0 Å². The highest BCUT2D eigenvalue weighted by Gasteiger charge is 2.18. The maximum absolute atomic E-state index is 11.7. The molecule has 0 saturated carbocycles. The van der Waals surface area contributed by atoms with Crippen molar-refractivity contribution in [3.63, 3.8) is 0 Å². The average molecular weight is 264 g/mol. The summed E-state index contributed by atoms with van der Waals surface area (Å²) in [4.78, 5) is 14.5. The number of aromatic nitrogens is 2. The van der Waals surface area contributed by atoms with E-state index in [1.807, 2.05) is 0 Å². The zero-order valence-electron chi connectivity index (χ0n) is 9.93. The molecule has 0 aliphatic carbocycles. The standard InChI is InChI=1S/C12H12N2O3S/c1-14-10(7-3-5-8(15)6-4-7)9(11(16)17-2)13-12(14)18/h3-6,15H,1-2H3,(H,13,18). The van der Waals surface area contributed by atoms with Crippen molar-refractivity contribution < 1.29 is 14.6 Å². The van der Waals surface area contributed by atoms with Gasteiger partial charge in [-0.05, 0) is 36.5 Å². The quantitative estimate of drug-likeness (QED) is 0.645. The molecule has 0 bridgehead atoms. The Bertz CT molecular complexity index is 640. The summed E-state index contributed by atoms with van der Waals surface area (Å²) >= 11 is 5.10. The largest absolute Gasteiger partial charge is 0.508 e. The van der Waals surface area contributed by atoms with Crippen molar-refractivity contribution in [1.29, 1.82) is 0 Å². The van der Waals surface area contributed by atoms with Crippen LogP contribution in [-0.4, -0.2) is 27.7 Å². The number of nitrogens with one attached hydrogen (secondary N) is 1. The Balaban J connectivity index is 2.66. The van der Waals surface area contributed by atoms with Gasteiger partial charge < -0.3 is 19.4 Å². The number of esters is 1. The van der Waals surface area contributed by atoms with Crippen molar-refractivity contribution >= 4 is 18.2 Å². The molecule has 0 aliphatic rings. The number of nitrogens with zero attached hydrogens (tertiary/aromatic N) is 1. The van der Waals surface area contributed by atoms with E-state index in [0.29, 0.717) is 16.2 Å². The molecule has 0 atom stereocenters. The number of H-pyrrole nitrogens is 1. The van der Waals surface area contributed by atoms with Crippen molar-refractivity contribution in [3.05, 3.63) is 34.7 Å². The van der Waals surface area contributed by atoms with Crippen LogP contribution < -0.4 is 0 Å². The van der Waals surface area contributed by atoms with E-state index in [1.54, 1.807) is 35.9 Å². The second-order valence-corrected chi connectivity index (χ2v) is 4.14. The van der Waals surface area contributed by atoms with Gasteiger partial charge in [-0.25, -0.2) is 4.79 Å². The number of ether oxygens (including phenoxy) is 1. The van der Waals surface area contributed by atoms with Crippen LogP contribution >= 0.6 is 12.2 Å². The Morgan fingerprint density at radius 2 is 2.00 bits per heavy atom. The lowest BCUT2D eigenvalue weighted by molar-refractivity contribution is 0.0595. The van der Waals surface area contributed by atoms with Crippen molar-refractivity contribution in [2.75, 3.05) is 7.11 Å². The van der Waals surface area contributed by atoms with Gasteiger partial charge in [-0.3, -0.25) is 0 Å². The number of phenols is 1. The minimum atomic E-state index is -0.482. The average Bonchev–Trinajstić information content (AvgIpc) is 2.66. The smallest absolute Gasteiger partial charge is 0.356 e. The van der Waals surface area contributed by atoms with E-state index in [9.17, 15) is 9.90 Å². The molecule has 94 valence electrons. The van der Waals surface area contributed by atoms with Crippen LogP contribution in [-0.2, 0) is 11.8 Å². The molecular formula is C12H12N2O3S. The number of rotatable bonds is 2.